The highest BCUT2D eigenvalue weighted by Crippen LogP contribution is 2.38. The summed E-state index contributed by atoms with van der Waals surface area (Å²) in [5.74, 6) is 1.78. The number of rotatable bonds is 13. The van der Waals surface area contributed by atoms with Crippen molar-refractivity contribution in [3.8, 4) is 0 Å². The van der Waals surface area contributed by atoms with Crippen molar-refractivity contribution in [3.63, 3.8) is 0 Å². The average Bonchev–Trinajstić information content (AvgIpc) is 3.17. The number of esters is 1. The molecule has 184 valence electrons. The van der Waals surface area contributed by atoms with Crippen LogP contribution in [0.4, 0.5) is 0 Å². The van der Waals surface area contributed by atoms with Gasteiger partial charge < -0.3 is 14.9 Å². The zero-order chi connectivity index (χ0) is 24.3. The number of fused-ring (bicyclic) bond motifs is 1. The summed E-state index contributed by atoms with van der Waals surface area (Å²) in [7, 11) is 1.38. The van der Waals surface area contributed by atoms with Gasteiger partial charge in [0.25, 0.3) is 0 Å². The van der Waals surface area contributed by atoms with E-state index < -0.39 is 6.10 Å². The Hall–Kier alpha value is -1.80. The van der Waals surface area contributed by atoms with E-state index in [-0.39, 0.29) is 35.4 Å². The van der Waals surface area contributed by atoms with E-state index in [1.54, 1.807) is 17.8 Å². The quantitative estimate of drug-likeness (QED) is 0.240. The number of Topliss-reactive ketones (excluding diaryl/α,β-unsaturated/α-hetero) is 1. The topological polar surface area (TPSA) is 83.8 Å². The average molecular weight is 503 g/mol. The Kier molecular flexibility index (Phi) is 11.0. The molecular weight excluding hydrogens is 468 g/mol. The highest BCUT2D eigenvalue weighted by atomic mass is 32.2. The molecule has 1 fully saturated rings. The van der Waals surface area contributed by atoms with E-state index in [4.69, 9.17) is 0 Å². The first-order valence-electron chi connectivity index (χ1n) is 11.8. The predicted octanol–water partition coefficient (Wildman–Crippen LogP) is 4.29. The Morgan fingerprint density at radius 2 is 2.00 bits per heavy atom. The van der Waals surface area contributed by atoms with Crippen LogP contribution in [-0.4, -0.2) is 64.3 Å². The van der Waals surface area contributed by atoms with Crippen LogP contribution >= 0.6 is 23.5 Å². The Balaban J connectivity index is 1.48. The standard InChI is InChI=1S/C27H34O5S2/c1-32-26(31)18-33-13-4-14-34-27-24(22(17-28)16-25(27)30)12-11-23(29)10-8-19-7-9-20-5-2-3-6-21(20)15-19/h2-3,5-7,9,11-12,15,22-24,27-29H,4,8,10,13-14,16-18H2,1H3/b12-11+/t22-,23?,24-,27+/m0/s1. The first-order chi connectivity index (χ1) is 16.5. The monoisotopic (exact) mass is 502 g/mol. The highest BCUT2D eigenvalue weighted by Gasteiger charge is 2.40. The molecule has 0 spiro atoms. The van der Waals surface area contributed by atoms with Gasteiger partial charge in [0.05, 0.1) is 24.2 Å². The summed E-state index contributed by atoms with van der Waals surface area (Å²) < 4.78 is 4.63. The minimum Gasteiger partial charge on any atom is -0.468 e. The van der Waals surface area contributed by atoms with Gasteiger partial charge >= 0.3 is 5.97 Å². The van der Waals surface area contributed by atoms with Crippen molar-refractivity contribution in [2.24, 2.45) is 11.8 Å². The molecule has 4 atom stereocenters. The molecular formula is C27H34O5S2. The number of methoxy groups -OCH3 is 1. The predicted molar refractivity (Wildman–Crippen MR) is 141 cm³/mol. The van der Waals surface area contributed by atoms with Gasteiger partial charge in [-0.2, -0.15) is 11.8 Å². The zero-order valence-corrected chi connectivity index (χ0v) is 21.2. The number of carbonyl (C=O) groups excluding carboxylic acids is 2. The Labute approximate surface area is 210 Å². The van der Waals surface area contributed by atoms with Crippen LogP contribution in [0.15, 0.2) is 54.6 Å². The summed E-state index contributed by atoms with van der Waals surface area (Å²) in [5.41, 5.74) is 1.19. The van der Waals surface area contributed by atoms with Gasteiger partial charge in [-0.05, 0) is 53.0 Å². The van der Waals surface area contributed by atoms with Crippen molar-refractivity contribution in [1.29, 1.82) is 0 Å². The lowest BCUT2D eigenvalue weighted by atomic mass is 9.95. The molecule has 7 heteroatoms. The molecule has 5 nitrogen and oxygen atoms in total. The molecule has 0 heterocycles. The Morgan fingerprint density at radius 3 is 2.76 bits per heavy atom. The number of aliphatic hydroxyl groups excluding tert-OH is 2. The smallest absolute Gasteiger partial charge is 0.315 e. The number of aryl methyl sites for hydroxylation is 1. The van der Waals surface area contributed by atoms with E-state index in [0.29, 0.717) is 18.6 Å². The highest BCUT2D eigenvalue weighted by molar-refractivity contribution is 8.01. The molecule has 2 aromatic carbocycles. The molecule has 0 radical (unpaired) electrons. The van der Waals surface area contributed by atoms with Crippen LogP contribution in [0, 0.1) is 11.8 Å². The molecule has 3 rings (SSSR count). The maximum atomic E-state index is 12.6. The van der Waals surface area contributed by atoms with E-state index >= 15 is 0 Å². The summed E-state index contributed by atoms with van der Waals surface area (Å²) >= 11 is 3.16. The molecule has 1 unspecified atom stereocenters. The minimum absolute atomic E-state index is 0.0278. The van der Waals surface area contributed by atoms with Crippen molar-refractivity contribution < 1.29 is 24.5 Å². The molecule has 1 aliphatic rings. The molecule has 2 aromatic rings. The van der Waals surface area contributed by atoms with E-state index in [1.165, 1.54) is 35.2 Å². The second-order valence-electron chi connectivity index (χ2n) is 8.64. The number of carbonyl (C=O) groups is 2. The fourth-order valence-corrected chi connectivity index (χ4v) is 6.61. The van der Waals surface area contributed by atoms with Crippen LogP contribution in [0.3, 0.4) is 0 Å². The number of ketones is 1. The molecule has 34 heavy (non-hydrogen) atoms. The van der Waals surface area contributed by atoms with Crippen LogP contribution < -0.4 is 0 Å². The summed E-state index contributed by atoms with van der Waals surface area (Å²) in [6.07, 6.45) is 5.80. The lowest BCUT2D eigenvalue weighted by Crippen LogP contribution is -2.21. The first kappa shape index (κ1) is 26.8. The van der Waals surface area contributed by atoms with Gasteiger partial charge in [-0.3, -0.25) is 9.59 Å². The number of hydrogen-bond acceptors (Lipinski definition) is 7. The van der Waals surface area contributed by atoms with Crippen LogP contribution in [0.1, 0.15) is 24.8 Å². The molecule has 0 saturated heterocycles. The van der Waals surface area contributed by atoms with Gasteiger partial charge in [-0.25, -0.2) is 0 Å². The maximum absolute atomic E-state index is 12.6. The van der Waals surface area contributed by atoms with Crippen LogP contribution in [-0.2, 0) is 20.7 Å². The molecule has 0 bridgehead atoms. The third-order valence-electron chi connectivity index (χ3n) is 6.19. The fourth-order valence-electron chi connectivity index (χ4n) is 4.27. The van der Waals surface area contributed by atoms with Crippen molar-refractivity contribution in [3.05, 3.63) is 60.2 Å². The van der Waals surface area contributed by atoms with E-state index in [0.717, 1.165) is 24.3 Å². The third-order valence-corrected chi connectivity index (χ3v) is 8.66. The van der Waals surface area contributed by atoms with Gasteiger partial charge in [-0.15, -0.1) is 11.8 Å². The Morgan fingerprint density at radius 1 is 1.21 bits per heavy atom. The SMILES string of the molecule is COC(=O)CSCCCS[C@H]1C(=O)C[C@@H](CO)[C@@H]1/C=C/C(O)CCc1ccc2ccccc2c1. The van der Waals surface area contributed by atoms with Gasteiger partial charge in [0.2, 0.25) is 0 Å². The fraction of sp³-hybridized carbons (Fsp3) is 0.481. The number of thioether (sulfide) groups is 2. The van der Waals surface area contributed by atoms with Crippen LogP contribution in [0.25, 0.3) is 10.8 Å². The van der Waals surface area contributed by atoms with Crippen molar-refractivity contribution in [1.82, 2.24) is 0 Å². The molecule has 2 N–H and O–H groups in total. The number of benzene rings is 2. The number of hydrogen-bond donors (Lipinski definition) is 2. The van der Waals surface area contributed by atoms with Crippen molar-refractivity contribution >= 4 is 46.0 Å². The van der Waals surface area contributed by atoms with E-state index in [9.17, 15) is 19.8 Å². The van der Waals surface area contributed by atoms with Crippen LogP contribution in [0.2, 0.25) is 0 Å². The number of aliphatic hydroxyl groups is 2. The van der Waals surface area contributed by atoms with E-state index in [1.807, 2.05) is 18.2 Å². The van der Waals surface area contributed by atoms with E-state index in [2.05, 4.69) is 35.1 Å². The second kappa shape index (κ2) is 13.9. The zero-order valence-electron chi connectivity index (χ0n) is 19.6. The maximum Gasteiger partial charge on any atom is 0.315 e. The molecule has 0 amide bonds. The normalized spacial score (nSPS) is 21.4. The Bertz CT molecular complexity index is 976. The first-order valence-corrected chi connectivity index (χ1v) is 14.0. The van der Waals surface area contributed by atoms with Crippen molar-refractivity contribution in [2.75, 3.05) is 31.0 Å². The summed E-state index contributed by atoms with van der Waals surface area (Å²) in [4.78, 5) is 23.7. The van der Waals surface area contributed by atoms with Gasteiger partial charge in [0.1, 0.15) is 5.78 Å². The largest absolute Gasteiger partial charge is 0.468 e. The number of ether oxygens (including phenoxy) is 1. The van der Waals surface area contributed by atoms with Gasteiger partial charge in [0, 0.05) is 18.9 Å². The molecule has 0 aliphatic heterocycles. The van der Waals surface area contributed by atoms with Gasteiger partial charge in [0.15, 0.2) is 0 Å². The summed E-state index contributed by atoms with van der Waals surface area (Å²) in [6, 6.07) is 14.6. The summed E-state index contributed by atoms with van der Waals surface area (Å²) in [6.45, 7) is -0.0278. The third kappa shape index (κ3) is 7.87. The molecule has 1 aliphatic carbocycles. The lowest BCUT2D eigenvalue weighted by molar-refractivity contribution is -0.137. The van der Waals surface area contributed by atoms with Gasteiger partial charge in [-0.1, -0.05) is 54.6 Å². The number of allylic oxidation sites excluding steroid dienone is 1. The van der Waals surface area contributed by atoms with Crippen LogP contribution in [0.5, 0.6) is 0 Å². The second-order valence-corrected chi connectivity index (χ2v) is 11.0. The lowest BCUT2D eigenvalue weighted by Gasteiger charge is -2.19. The van der Waals surface area contributed by atoms with Crippen molar-refractivity contribution in [2.45, 2.75) is 37.0 Å². The molecule has 0 aromatic heterocycles. The minimum atomic E-state index is -0.595. The molecule has 1 saturated carbocycles. The summed E-state index contributed by atoms with van der Waals surface area (Å²) in [5, 5.41) is 22.6.